The zero-order chi connectivity index (χ0) is 21.8. The molecule has 1 aromatic carbocycles. The van der Waals surface area contributed by atoms with Crippen LogP contribution in [0.3, 0.4) is 0 Å². The first kappa shape index (κ1) is 20.7. The van der Waals surface area contributed by atoms with Crippen molar-refractivity contribution in [1.29, 1.82) is 0 Å². The molecule has 2 aliphatic heterocycles. The molecule has 1 saturated heterocycles. The first-order chi connectivity index (χ1) is 15.7. The van der Waals surface area contributed by atoms with Crippen LogP contribution in [0.1, 0.15) is 35.9 Å². The molecule has 32 heavy (non-hydrogen) atoms. The van der Waals surface area contributed by atoms with Crippen LogP contribution in [0.4, 0.5) is 0 Å². The van der Waals surface area contributed by atoms with Crippen molar-refractivity contribution in [3.8, 4) is 5.75 Å². The van der Waals surface area contributed by atoms with Crippen molar-refractivity contribution >= 4 is 23.0 Å². The molecule has 0 aliphatic carbocycles. The minimum Gasteiger partial charge on any atom is -0.490 e. The third-order valence-corrected chi connectivity index (χ3v) is 6.79. The number of hydrogen-bond donors (Lipinski definition) is 0. The Morgan fingerprint density at radius 1 is 1.19 bits per heavy atom. The summed E-state index contributed by atoms with van der Waals surface area (Å²) in [4.78, 5) is 24.8. The zero-order valence-corrected chi connectivity index (χ0v) is 18.5. The lowest BCUT2D eigenvalue weighted by atomic mass is 9.97. The topological polar surface area (TPSA) is 81.8 Å². The lowest BCUT2D eigenvalue weighted by molar-refractivity contribution is -0.133. The third kappa shape index (κ3) is 4.83. The SMILES string of the molecule is O=C(Cn1cccn1)N1CCC(c2nc(C3=NOC(COc4ccccc4)C3)cs2)CC1. The van der Waals surface area contributed by atoms with Gasteiger partial charge < -0.3 is 14.5 Å². The molecular formula is C23H25N5O3S. The Hall–Kier alpha value is -3.20. The lowest BCUT2D eigenvalue weighted by Crippen LogP contribution is -2.39. The number of likely N-dealkylation sites (tertiary alicyclic amines) is 1. The molecule has 0 spiro atoms. The monoisotopic (exact) mass is 451 g/mol. The summed E-state index contributed by atoms with van der Waals surface area (Å²) in [6, 6.07) is 11.5. The molecule has 0 bridgehead atoms. The number of rotatable bonds is 7. The van der Waals surface area contributed by atoms with Crippen LogP contribution in [0.15, 0.2) is 59.3 Å². The van der Waals surface area contributed by atoms with Crippen LogP contribution in [0.5, 0.6) is 5.75 Å². The fraction of sp³-hybridized carbons (Fsp3) is 0.391. The van der Waals surface area contributed by atoms with Crippen LogP contribution in [0.2, 0.25) is 0 Å². The molecule has 8 nitrogen and oxygen atoms in total. The highest BCUT2D eigenvalue weighted by Crippen LogP contribution is 2.31. The van der Waals surface area contributed by atoms with E-state index in [1.54, 1.807) is 22.2 Å². The van der Waals surface area contributed by atoms with Crippen molar-refractivity contribution in [2.45, 2.75) is 37.8 Å². The lowest BCUT2D eigenvalue weighted by Gasteiger charge is -2.31. The van der Waals surface area contributed by atoms with Gasteiger partial charge in [0.05, 0.1) is 10.7 Å². The van der Waals surface area contributed by atoms with Crippen LogP contribution < -0.4 is 4.74 Å². The molecule has 0 radical (unpaired) electrons. The molecule has 0 saturated carbocycles. The van der Waals surface area contributed by atoms with Crippen LogP contribution in [0, 0.1) is 0 Å². The minimum atomic E-state index is -0.0978. The van der Waals surface area contributed by atoms with Crippen molar-refractivity contribution in [2.75, 3.05) is 19.7 Å². The zero-order valence-electron chi connectivity index (χ0n) is 17.7. The highest BCUT2D eigenvalue weighted by molar-refractivity contribution is 7.10. The Balaban J connectivity index is 1.10. The quantitative estimate of drug-likeness (QED) is 0.550. The van der Waals surface area contributed by atoms with E-state index in [0.717, 1.165) is 48.1 Å². The fourth-order valence-electron chi connectivity index (χ4n) is 3.99. The van der Waals surface area contributed by atoms with E-state index in [2.05, 4.69) is 15.6 Å². The summed E-state index contributed by atoms with van der Waals surface area (Å²) in [6.45, 7) is 2.26. The number of hydrogen-bond acceptors (Lipinski definition) is 7. The largest absolute Gasteiger partial charge is 0.490 e. The maximum Gasteiger partial charge on any atom is 0.244 e. The number of oxime groups is 1. The number of carbonyl (C=O) groups excluding carboxylic acids is 1. The minimum absolute atomic E-state index is 0.0978. The van der Waals surface area contributed by atoms with E-state index in [4.69, 9.17) is 14.6 Å². The Kier molecular flexibility index (Phi) is 6.15. The molecule has 1 fully saturated rings. The highest BCUT2D eigenvalue weighted by Gasteiger charge is 2.28. The molecule has 4 heterocycles. The Morgan fingerprint density at radius 3 is 2.81 bits per heavy atom. The van der Waals surface area contributed by atoms with E-state index in [-0.39, 0.29) is 12.0 Å². The van der Waals surface area contributed by atoms with Gasteiger partial charge in [-0.1, -0.05) is 23.4 Å². The van der Waals surface area contributed by atoms with Gasteiger partial charge in [-0.3, -0.25) is 9.48 Å². The van der Waals surface area contributed by atoms with Crippen LogP contribution >= 0.6 is 11.3 Å². The van der Waals surface area contributed by atoms with E-state index in [1.807, 2.05) is 47.5 Å². The smallest absolute Gasteiger partial charge is 0.244 e. The van der Waals surface area contributed by atoms with Crippen molar-refractivity contribution in [2.24, 2.45) is 5.16 Å². The average molecular weight is 452 g/mol. The average Bonchev–Trinajstić information content (AvgIpc) is 3.60. The van der Waals surface area contributed by atoms with Crippen LogP contribution in [0.25, 0.3) is 0 Å². The Morgan fingerprint density at radius 2 is 2.03 bits per heavy atom. The van der Waals surface area contributed by atoms with Gasteiger partial charge in [0.2, 0.25) is 5.91 Å². The van der Waals surface area contributed by atoms with Gasteiger partial charge in [0.25, 0.3) is 0 Å². The van der Waals surface area contributed by atoms with E-state index in [0.29, 0.717) is 25.5 Å². The summed E-state index contributed by atoms with van der Waals surface area (Å²) in [5.41, 5.74) is 1.77. The summed E-state index contributed by atoms with van der Waals surface area (Å²) >= 11 is 1.67. The molecule has 1 unspecified atom stereocenters. The van der Waals surface area contributed by atoms with Crippen molar-refractivity contribution in [3.05, 3.63) is 64.9 Å². The number of benzene rings is 1. The molecule has 3 aromatic rings. The van der Waals surface area contributed by atoms with Gasteiger partial charge in [0.1, 0.15) is 24.6 Å². The number of para-hydroxylation sites is 1. The van der Waals surface area contributed by atoms with Crippen molar-refractivity contribution in [3.63, 3.8) is 0 Å². The number of carbonyl (C=O) groups is 1. The molecule has 0 N–H and O–H groups in total. The van der Waals surface area contributed by atoms with Gasteiger partial charge in [0, 0.05) is 43.2 Å². The van der Waals surface area contributed by atoms with E-state index < -0.39 is 0 Å². The molecule has 5 rings (SSSR count). The van der Waals surface area contributed by atoms with E-state index >= 15 is 0 Å². The summed E-state index contributed by atoms with van der Waals surface area (Å²) in [5.74, 6) is 1.32. The predicted molar refractivity (Wildman–Crippen MR) is 121 cm³/mol. The normalized spacial score (nSPS) is 18.9. The molecular weight excluding hydrogens is 426 g/mol. The third-order valence-electron chi connectivity index (χ3n) is 5.78. The second kappa shape index (κ2) is 9.52. The van der Waals surface area contributed by atoms with E-state index in [1.165, 1.54) is 0 Å². The van der Waals surface area contributed by atoms with Crippen molar-refractivity contribution < 1.29 is 14.4 Å². The van der Waals surface area contributed by atoms with Crippen molar-refractivity contribution in [1.82, 2.24) is 19.7 Å². The Bertz CT molecular complexity index is 1060. The van der Waals surface area contributed by atoms with Gasteiger partial charge in [-0.2, -0.15) is 5.10 Å². The van der Waals surface area contributed by atoms with E-state index in [9.17, 15) is 4.79 Å². The van der Waals surface area contributed by atoms with Gasteiger partial charge in [-0.25, -0.2) is 4.98 Å². The van der Waals surface area contributed by atoms with Gasteiger partial charge in [0.15, 0.2) is 6.10 Å². The Labute approximate surface area is 190 Å². The number of amides is 1. The van der Waals surface area contributed by atoms with Gasteiger partial charge in [-0.05, 0) is 31.0 Å². The first-order valence-corrected chi connectivity index (χ1v) is 11.7. The molecule has 1 atom stereocenters. The van der Waals surface area contributed by atoms with Gasteiger partial charge >= 0.3 is 0 Å². The second-order valence-corrected chi connectivity index (χ2v) is 8.91. The molecule has 2 aromatic heterocycles. The number of thiazole rings is 1. The molecule has 2 aliphatic rings. The fourth-order valence-corrected chi connectivity index (χ4v) is 4.99. The maximum atomic E-state index is 12.5. The summed E-state index contributed by atoms with van der Waals surface area (Å²) in [5, 5.41) is 11.5. The summed E-state index contributed by atoms with van der Waals surface area (Å²) < 4.78 is 7.45. The second-order valence-electron chi connectivity index (χ2n) is 8.02. The number of nitrogens with zero attached hydrogens (tertiary/aromatic N) is 5. The van der Waals surface area contributed by atoms with Gasteiger partial charge in [-0.15, -0.1) is 11.3 Å². The summed E-state index contributed by atoms with van der Waals surface area (Å²) in [7, 11) is 0. The number of piperidine rings is 1. The highest BCUT2D eigenvalue weighted by atomic mass is 32.1. The maximum absolute atomic E-state index is 12.5. The first-order valence-electron chi connectivity index (χ1n) is 10.9. The number of ether oxygens (including phenoxy) is 1. The molecule has 1 amide bonds. The predicted octanol–water partition coefficient (Wildman–Crippen LogP) is 3.32. The molecule has 9 heteroatoms. The standard InChI is InChI=1S/C23H25N5O3S/c29-22(14-28-10-4-9-24-28)27-11-7-17(8-12-27)23-25-21(16-32-23)20-13-19(31-26-20)15-30-18-5-2-1-3-6-18/h1-6,9-10,16-17,19H,7-8,11-15H2. The van der Waals surface area contributed by atoms with Crippen LogP contribution in [-0.4, -0.2) is 57.1 Å². The van der Waals surface area contributed by atoms with Crippen LogP contribution in [-0.2, 0) is 16.2 Å². The molecule has 166 valence electrons. The summed E-state index contributed by atoms with van der Waals surface area (Å²) in [6.07, 6.45) is 5.95. The number of aromatic nitrogens is 3.